The fourth-order valence-electron chi connectivity index (χ4n) is 4.03. The second kappa shape index (κ2) is 6.07. The highest BCUT2D eigenvalue weighted by Gasteiger charge is 2.51. The van der Waals surface area contributed by atoms with Crippen LogP contribution in [-0.4, -0.2) is 47.7 Å². The summed E-state index contributed by atoms with van der Waals surface area (Å²) in [5, 5.41) is -0.215. The molecule has 0 unspecified atom stereocenters. The van der Waals surface area contributed by atoms with Crippen LogP contribution in [0.15, 0.2) is 11.3 Å². The first-order valence-corrected chi connectivity index (χ1v) is 9.04. The van der Waals surface area contributed by atoms with Gasteiger partial charge in [-0.3, -0.25) is 14.4 Å². The highest BCUT2D eigenvalue weighted by atomic mass is 32.2. The van der Waals surface area contributed by atoms with Crippen molar-refractivity contribution in [3.8, 4) is 0 Å². The zero-order valence-corrected chi connectivity index (χ0v) is 13.8. The molecule has 2 aliphatic heterocycles. The van der Waals surface area contributed by atoms with E-state index in [1.54, 1.807) is 0 Å². The van der Waals surface area contributed by atoms with Gasteiger partial charge in [-0.1, -0.05) is 0 Å². The summed E-state index contributed by atoms with van der Waals surface area (Å²) >= 11 is 1.52. The van der Waals surface area contributed by atoms with E-state index in [1.807, 2.05) is 11.2 Å². The summed E-state index contributed by atoms with van der Waals surface area (Å²) in [7, 11) is 1.34. The Hall–Kier alpha value is -1.30. The van der Waals surface area contributed by atoms with Crippen LogP contribution in [0.3, 0.4) is 0 Å². The minimum absolute atomic E-state index is 0.0783. The molecule has 0 aromatic heterocycles. The van der Waals surface area contributed by atoms with Crippen LogP contribution in [0.4, 0.5) is 0 Å². The molecule has 120 valence electrons. The molecular formula is C16H21NO4S. The van der Waals surface area contributed by atoms with Crippen LogP contribution in [0.1, 0.15) is 32.1 Å². The summed E-state index contributed by atoms with van der Waals surface area (Å²) in [5.74, 6) is -0.727. The van der Waals surface area contributed by atoms with Crippen molar-refractivity contribution in [1.29, 1.82) is 0 Å². The highest BCUT2D eigenvalue weighted by Crippen LogP contribution is 2.48. The third-order valence-electron chi connectivity index (χ3n) is 5.02. The monoisotopic (exact) mass is 323 g/mol. The van der Waals surface area contributed by atoms with Gasteiger partial charge in [-0.2, -0.15) is 0 Å². The van der Waals surface area contributed by atoms with Crippen molar-refractivity contribution in [2.24, 2.45) is 11.8 Å². The first-order valence-electron chi connectivity index (χ1n) is 7.75. The molecule has 0 spiro atoms. The molecule has 1 saturated heterocycles. The summed E-state index contributed by atoms with van der Waals surface area (Å²) in [6, 6.07) is 0. The van der Waals surface area contributed by atoms with E-state index in [4.69, 9.17) is 4.74 Å². The summed E-state index contributed by atoms with van der Waals surface area (Å²) in [5.41, 5.74) is 2.18. The van der Waals surface area contributed by atoms with Crippen LogP contribution in [0.5, 0.6) is 0 Å². The Bertz CT molecular complexity index is 556. The van der Waals surface area contributed by atoms with E-state index in [0.29, 0.717) is 6.42 Å². The van der Waals surface area contributed by atoms with Gasteiger partial charge in [0.25, 0.3) is 0 Å². The third kappa shape index (κ3) is 2.37. The first-order chi connectivity index (χ1) is 10.6. The Morgan fingerprint density at radius 1 is 1.36 bits per heavy atom. The van der Waals surface area contributed by atoms with Gasteiger partial charge in [-0.05, 0) is 31.1 Å². The number of ether oxygens (including phenoxy) is 1. The molecule has 3 atom stereocenters. The number of Topliss-reactive ketones (excluding diaryl/α,β-unsaturated/α-hetero) is 1. The molecule has 22 heavy (non-hydrogen) atoms. The molecule has 6 heteroatoms. The van der Waals surface area contributed by atoms with Crippen LogP contribution in [0, 0.1) is 11.8 Å². The molecule has 1 fully saturated rings. The maximum Gasteiger partial charge on any atom is 0.306 e. The number of hydrogen-bond acceptors (Lipinski definition) is 5. The molecule has 0 bridgehead atoms. The Balaban J connectivity index is 2.04. The molecule has 0 aromatic carbocycles. The topological polar surface area (TPSA) is 63.7 Å². The van der Waals surface area contributed by atoms with Crippen molar-refractivity contribution < 1.29 is 19.1 Å². The summed E-state index contributed by atoms with van der Waals surface area (Å²) < 4.78 is 4.75. The Kier molecular flexibility index (Phi) is 4.30. The van der Waals surface area contributed by atoms with Crippen LogP contribution >= 0.6 is 11.8 Å². The number of thioether (sulfide) groups is 1. The van der Waals surface area contributed by atoms with Crippen molar-refractivity contribution in [3.05, 3.63) is 11.3 Å². The number of allylic oxidation sites excluding steroid dienone is 1. The molecule has 1 amide bonds. The van der Waals surface area contributed by atoms with Gasteiger partial charge < -0.3 is 9.64 Å². The number of ketones is 1. The second-order valence-corrected chi connectivity index (χ2v) is 7.07. The van der Waals surface area contributed by atoms with Gasteiger partial charge in [0.05, 0.1) is 18.8 Å². The normalized spacial score (nSPS) is 31.2. The van der Waals surface area contributed by atoms with E-state index < -0.39 is 5.92 Å². The van der Waals surface area contributed by atoms with Crippen LogP contribution < -0.4 is 0 Å². The lowest BCUT2D eigenvalue weighted by molar-refractivity contribution is -0.144. The lowest BCUT2D eigenvalue weighted by Gasteiger charge is -2.35. The number of nitrogens with zero attached hydrogens (tertiary/aromatic N) is 1. The van der Waals surface area contributed by atoms with E-state index in [-0.39, 0.29) is 35.2 Å². The van der Waals surface area contributed by atoms with E-state index in [2.05, 4.69) is 0 Å². The third-order valence-corrected chi connectivity index (χ3v) is 6.01. The van der Waals surface area contributed by atoms with Gasteiger partial charge in [-0.25, -0.2) is 0 Å². The maximum atomic E-state index is 12.9. The van der Waals surface area contributed by atoms with E-state index in [9.17, 15) is 14.4 Å². The molecule has 1 aliphatic carbocycles. The standard InChI is InChI=1S/C16H21NO4S/c1-21-13(19)8-11-10-7-12(18)17-6-4-3-5-9(14(10)17)16(22-2)15(11)20/h10-11,16H,3-8H2,1-2H3/t10-,11-,16+/m1/s1. The van der Waals surface area contributed by atoms with Crippen LogP contribution in [0.2, 0.25) is 0 Å². The predicted molar refractivity (Wildman–Crippen MR) is 83.1 cm³/mol. The van der Waals surface area contributed by atoms with Gasteiger partial charge in [0.1, 0.15) is 0 Å². The number of hydrogen-bond donors (Lipinski definition) is 0. The van der Waals surface area contributed by atoms with E-state index in [0.717, 1.165) is 37.1 Å². The Morgan fingerprint density at radius 3 is 2.82 bits per heavy atom. The molecule has 2 heterocycles. The molecule has 0 aromatic rings. The van der Waals surface area contributed by atoms with Gasteiger partial charge >= 0.3 is 5.97 Å². The molecular weight excluding hydrogens is 302 g/mol. The average Bonchev–Trinajstić information content (AvgIpc) is 2.70. The van der Waals surface area contributed by atoms with Crippen LogP contribution in [0.25, 0.3) is 0 Å². The smallest absolute Gasteiger partial charge is 0.306 e. The molecule has 5 nitrogen and oxygen atoms in total. The minimum Gasteiger partial charge on any atom is -0.469 e. The summed E-state index contributed by atoms with van der Waals surface area (Å²) in [4.78, 5) is 38.8. The molecule has 0 radical (unpaired) electrons. The van der Waals surface area contributed by atoms with E-state index in [1.165, 1.54) is 18.9 Å². The lowest BCUT2D eigenvalue weighted by Crippen LogP contribution is -2.40. The summed E-state index contributed by atoms with van der Waals surface area (Å²) in [6.45, 7) is 0.744. The van der Waals surface area contributed by atoms with Crippen molar-refractivity contribution in [1.82, 2.24) is 4.90 Å². The van der Waals surface area contributed by atoms with Gasteiger partial charge in [0.15, 0.2) is 5.78 Å². The largest absolute Gasteiger partial charge is 0.469 e. The van der Waals surface area contributed by atoms with Crippen molar-refractivity contribution in [2.75, 3.05) is 19.9 Å². The average molecular weight is 323 g/mol. The fraction of sp³-hybridized carbons (Fsp3) is 0.688. The zero-order valence-electron chi connectivity index (χ0n) is 13.0. The SMILES string of the molecule is COC(=O)C[C@H]1C(=O)[C@@H](SC)C2=C3[C@@H]1CC(=O)N3CCCC2. The van der Waals surface area contributed by atoms with Gasteiger partial charge in [0, 0.05) is 30.5 Å². The number of carbonyl (C=O) groups is 3. The zero-order chi connectivity index (χ0) is 15.9. The van der Waals surface area contributed by atoms with Crippen molar-refractivity contribution >= 4 is 29.4 Å². The number of esters is 1. The second-order valence-electron chi connectivity index (χ2n) is 6.13. The summed E-state index contributed by atoms with van der Waals surface area (Å²) in [6.07, 6.45) is 5.24. The number of methoxy groups -OCH3 is 1. The van der Waals surface area contributed by atoms with Gasteiger partial charge in [0.2, 0.25) is 5.91 Å². The maximum absolute atomic E-state index is 12.9. The quantitative estimate of drug-likeness (QED) is 0.741. The molecule has 3 rings (SSSR count). The Labute approximate surface area is 134 Å². The molecule has 0 N–H and O–H groups in total. The number of amides is 1. The lowest BCUT2D eigenvalue weighted by atomic mass is 9.74. The fourth-order valence-corrected chi connectivity index (χ4v) is 4.96. The first kappa shape index (κ1) is 15.6. The minimum atomic E-state index is -0.421. The van der Waals surface area contributed by atoms with E-state index >= 15 is 0 Å². The number of rotatable bonds is 3. The van der Waals surface area contributed by atoms with Crippen LogP contribution in [-0.2, 0) is 19.1 Å². The molecule has 0 saturated carbocycles. The van der Waals surface area contributed by atoms with Gasteiger partial charge in [-0.15, -0.1) is 11.8 Å². The van der Waals surface area contributed by atoms with Crippen molar-refractivity contribution in [2.45, 2.75) is 37.4 Å². The Morgan fingerprint density at radius 2 is 2.14 bits per heavy atom. The predicted octanol–water partition coefficient (Wildman–Crippen LogP) is 1.77. The number of carbonyl (C=O) groups excluding carboxylic acids is 3. The molecule has 3 aliphatic rings. The highest BCUT2D eigenvalue weighted by molar-refractivity contribution is 8.00. The van der Waals surface area contributed by atoms with Crippen molar-refractivity contribution in [3.63, 3.8) is 0 Å².